The van der Waals surface area contributed by atoms with Crippen LogP contribution in [0.2, 0.25) is 0 Å². The van der Waals surface area contributed by atoms with Crippen molar-refractivity contribution in [1.82, 2.24) is 25.9 Å². The number of aromatic nitrogens is 2. The van der Waals surface area contributed by atoms with E-state index in [2.05, 4.69) is 33.2 Å². The summed E-state index contributed by atoms with van der Waals surface area (Å²) in [5.41, 5.74) is 11.1. The first-order valence-electron chi connectivity index (χ1n) is 9.42. The maximum Gasteiger partial charge on any atom is 0.326 e. The molecule has 4 unspecified atom stereocenters. The number of rotatable bonds is 14. The third kappa shape index (κ3) is 9.56. The lowest BCUT2D eigenvalue weighted by Gasteiger charge is -2.24. The molecule has 1 heterocycles. The summed E-state index contributed by atoms with van der Waals surface area (Å²) in [5, 5.41) is 24.5. The number of imidazole rings is 1. The van der Waals surface area contributed by atoms with Crippen LogP contribution in [0.4, 0.5) is 0 Å². The van der Waals surface area contributed by atoms with Gasteiger partial charge in [-0.1, -0.05) is 0 Å². The van der Waals surface area contributed by atoms with Crippen LogP contribution in [0.15, 0.2) is 12.5 Å². The smallest absolute Gasteiger partial charge is 0.326 e. The molecule has 0 aromatic carbocycles. The maximum atomic E-state index is 12.8. The summed E-state index contributed by atoms with van der Waals surface area (Å²) < 4.78 is 0. The molecule has 0 spiro atoms. The third-order valence-electron chi connectivity index (χ3n) is 4.18. The number of nitrogens with one attached hydrogen (secondary N) is 4. The molecule has 1 aromatic rings. The van der Waals surface area contributed by atoms with E-state index >= 15 is 0 Å². The minimum atomic E-state index is -1.73. The Hall–Kier alpha value is -3.66. The standard InChI is InChI=1S/C17H25N7O8S/c18-8(2-12(19)25)14(28)22-9(1-7-4-20-6-21-7)15(29)24-11(5-33)16(30)23-10(17(31)32)3-13(26)27/h4,6,8-11,33H,1-3,5,18H2,(H2,19,25)(H,20,21)(H,22,28)(H,23,30)(H,24,29)(H,26,27)(H,31,32). The van der Waals surface area contributed by atoms with Gasteiger partial charge in [0.1, 0.15) is 18.1 Å². The van der Waals surface area contributed by atoms with E-state index in [0.29, 0.717) is 5.69 Å². The number of carboxylic acid groups (broad SMARTS) is 2. The number of carbonyl (C=O) groups excluding carboxylic acids is 4. The van der Waals surface area contributed by atoms with Crippen molar-refractivity contribution in [3.05, 3.63) is 18.2 Å². The molecule has 1 rings (SSSR count). The Kier molecular flexibility index (Phi) is 10.8. The number of primary amides is 1. The molecule has 0 aliphatic carbocycles. The fraction of sp³-hybridized carbons (Fsp3) is 0.471. The van der Waals surface area contributed by atoms with Gasteiger partial charge in [-0.05, 0) is 0 Å². The second kappa shape index (κ2) is 13.0. The largest absolute Gasteiger partial charge is 0.481 e. The third-order valence-corrected chi connectivity index (χ3v) is 4.54. The van der Waals surface area contributed by atoms with Gasteiger partial charge in [-0.3, -0.25) is 24.0 Å². The fourth-order valence-electron chi connectivity index (χ4n) is 2.53. The summed E-state index contributed by atoms with van der Waals surface area (Å²) in [5.74, 6) is -6.84. The molecule has 4 amide bonds. The zero-order valence-electron chi connectivity index (χ0n) is 17.2. The van der Waals surface area contributed by atoms with Crippen LogP contribution >= 0.6 is 12.6 Å². The van der Waals surface area contributed by atoms with Gasteiger partial charge < -0.3 is 42.6 Å². The van der Waals surface area contributed by atoms with Gasteiger partial charge in [0.25, 0.3) is 0 Å². The van der Waals surface area contributed by atoms with Crippen molar-refractivity contribution in [2.45, 2.75) is 43.4 Å². The predicted molar refractivity (Wildman–Crippen MR) is 114 cm³/mol. The topological polar surface area (TPSA) is 260 Å². The Balaban J connectivity index is 2.94. The first-order valence-corrected chi connectivity index (χ1v) is 10.1. The maximum absolute atomic E-state index is 12.8. The van der Waals surface area contributed by atoms with Crippen LogP contribution in [-0.2, 0) is 35.2 Å². The number of H-pyrrole nitrogens is 1. The van der Waals surface area contributed by atoms with Crippen molar-refractivity contribution in [3.63, 3.8) is 0 Å². The Morgan fingerprint density at radius 3 is 2.03 bits per heavy atom. The molecule has 10 N–H and O–H groups in total. The highest BCUT2D eigenvalue weighted by Crippen LogP contribution is 2.03. The number of nitrogens with two attached hydrogens (primary N) is 2. The van der Waals surface area contributed by atoms with Crippen LogP contribution in [0.25, 0.3) is 0 Å². The lowest BCUT2D eigenvalue weighted by molar-refractivity contribution is -0.147. The molecule has 0 saturated carbocycles. The summed E-state index contributed by atoms with van der Waals surface area (Å²) >= 11 is 3.96. The molecule has 0 radical (unpaired) electrons. The first kappa shape index (κ1) is 27.4. The highest BCUT2D eigenvalue weighted by Gasteiger charge is 2.31. The average molecular weight is 487 g/mol. The van der Waals surface area contributed by atoms with Crippen LogP contribution in [0.5, 0.6) is 0 Å². The van der Waals surface area contributed by atoms with Crippen LogP contribution in [-0.4, -0.2) is 85.7 Å². The number of hydrogen-bond acceptors (Lipinski definition) is 9. The highest BCUT2D eigenvalue weighted by atomic mass is 32.1. The van der Waals surface area contributed by atoms with Crippen LogP contribution in [0, 0.1) is 0 Å². The van der Waals surface area contributed by atoms with Gasteiger partial charge in [-0.2, -0.15) is 12.6 Å². The second-order valence-corrected chi connectivity index (χ2v) is 7.23. The van der Waals surface area contributed by atoms with Gasteiger partial charge in [0, 0.05) is 24.1 Å². The molecule has 0 bridgehead atoms. The number of thiol groups is 1. The summed E-state index contributed by atoms with van der Waals surface area (Å²) in [6, 6.07) is -5.70. The zero-order chi connectivity index (χ0) is 25.1. The van der Waals surface area contributed by atoms with Gasteiger partial charge in [-0.25, -0.2) is 9.78 Å². The number of amides is 4. The van der Waals surface area contributed by atoms with Crippen LogP contribution in [0.3, 0.4) is 0 Å². The Bertz CT molecular complexity index is 879. The molecule has 0 aliphatic rings. The summed E-state index contributed by atoms with van der Waals surface area (Å²) in [7, 11) is 0. The van der Waals surface area contributed by atoms with E-state index in [4.69, 9.17) is 21.7 Å². The number of hydrogen-bond donors (Lipinski definition) is 9. The molecule has 0 fully saturated rings. The molecule has 15 nitrogen and oxygen atoms in total. The van der Waals surface area contributed by atoms with Gasteiger partial charge >= 0.3 is 11.9 Å². The minimum absolute atomic E-state index is 0.0987. The van der Waals surface area contributed by atoms with E-state index in [1.807, 2.05) is 5.32 Å². The van der Waals surface area contributed by atoms with Gasteiger partial charge in [-0.15, -0.1) is 0 Å². The number of carboxylic acids is 2. The number of nitrogens with zero attached hydrogens (tertiary/aromatic N) is 1. The van der Waals surface area contributed by atoms with E-state index in [9.17, 15) is 28.8 Å². The number of aliphatic carboxylic acids is 2. The first-order chi connectivity index (χ1) is 15.4. The summed E-state index contributed by atoms with van der Waals surface area (Å²) in [4.78, 5) is 77.0. The second-order valence-electron chi connectivity index (χ2n) is 6.86. The Morgan fingerprint density at radius 1 is 0.970 bits per heavy atom. The van der Waals surface area contributed by atoms with Crippen LogP contribution < -0.4 is 27.4 Å². The van der Waals surface area contributed by atoms with Crippen molar-refractivity contribution in [1.29, 1.82) is 0 Å². The molecule has 0 aliphatic heterocycles. The van der Waals surface area contributed by atoms with E-state index in [1.165, 1.54) is 12.5 Å². The molecular weight excluding hydrogens is 462 g/mol. The number of aromatic amines is 1. The molecule has 0 saturated heterocycles. The molecule has 1 aromatic heterocycles. The normalized spacial score (nSPS) is 14.2. The lowest BCUT2D eigenvalue weighted by atomic mass is 10.1. The fourth-order valence-corrected chi connectivity index (χ4v) is 2.78. The molecular formula is C17H25N7O8S. The van der Waals surface area contributed by atoms with Crippen molar-refractivity contribution < 1.29 is 39.0 Å². The zero-order valence-corrected chi connectivity index (χ0v) is 18.1. The summed E-state index contributed by atoms with van der Waals surface area (Å²) in [6.07, 6.45) is 1.28. The lowest BCUT2D eigenvalue weighted by Crippen LogP contribution is -2.58. The predicted octanol–water partition coefficient (Wildman–Crippen LogP) is -3.90. The highest BCUT2D eigenvalue weighted by molar-refractivity contribution is 7.80. The van der Waals surface area contributed by atoms with Crippen molar-refractivity contribution in [2.24, 2.45) is 11.5 Å². The monoisotopic (exact) mass is 487 g/mol. The summed E-state index contributed by atoms with van der Waals surface area (Å²) in [6.45, 7) is 0. The van der Waals surface area contributed by atoms with E-state index in [0.717, 1.165) is 0 Å². The average Bonchev–Trinajstić information content (AvgIpc) is 3.22. The van der Waals surface area contributed by atoms with Crippen LogP contribution in [0.1, 0.15) is 18.5 Å². The van der Waals surface area contributed by atoms with Crippen molar-refractivity contribution >= 4 is 48.2 Å². The molecule has 33 heavy (non-hydrogen) atoms. The molecule has 182 valence electrons. The molecule has 4 atom stereocenters. The molecule has 16 heteroatoms. The van der Waals surface area contributed by atoms with Crippen molar-refractivity contribution in [2.75, 3.05) is 5.75 Å². The quantitative estimate of drug-likeness (QED) is 0.115. The minimum Gasteiger partial charge on any atom is -0.481 e. The van der Waals surface area contributed by atoms with E-state index < -0.39 is 72.6 Å². The van der Waals surface area contributed by atoms with Gasteiger partial charge in [0.2, 0.25) is 23.6 Å². The Labute approximate surface area is 192 Å². The van der Waals surface area contributed by atoms with E-state index in [-0.39, 0.29) is 12.2 Å². The van der Waals surface area contributed by atoms with Crippen molar-refractivity contribution in [3.8, 4) is 0 Å². The van der Waals surface area contributed by atoms with Gasteiger partial charge in [0.05, 0.1) is 25.2 Å². The SMILES string of the molecule is NC(=O)CC(N)C(=O)NC(Cc1cnc[nH]1)C(=O)NC(CS)C(=O)NC(CC(=O)O)C(=O)O. The number of carbonyl (C=O) groups is 6. The van der Waals surface area contributed by atoms with E-state index in [1.54, 1.807) is 0 Å². The Morgan fingerprint density at radius 2 is 1.55 bits per heavy atom. The van der Waals surface area contributed by atoms with Gasteiger partial charge in [0.15, 0.2) is 0 Å².